The lowest BCUT2D eigenvalue weighted by atomic mass is 10.1. The first-order chi connectivity index (χ1) is 10.8. The summed E-state index contributed by atoms with van der Waals surface area (Å²) in [6.45, 7) is 6.85. The number of nitrogens with zero attached hydrogens (tertiary/aromatic N) is 3. The number of aromatic nitrogens is 1. The van der Waals surface area contributed by atoms with Gasteiger partial charge >= 0.3 is 0 Å². The average Bonchev–Trinajstić information content (AvgIpc) is 3.00. The molecule has 2 fully saturated rings. The van der Waals surface area contributed by atoms with E-state index in [9.17, 15) is 4.79 Å². The van der Waals surface area contributed by atoms with Crippen molar-refractivity contribution in [1.29, 1.82) is 0 Å². The molecule has 5 heteroatoms. The van der Waals surface area contributed by atoms with Crippen molar-refractivity contribution in [3.63, 3.8) is 0 Å². The SMILES string of the molecule is CC1CCCN1C(=O)CCN1CCNCC1c1cccnc1. The summed E-state index contributed by atoms with van der Waals surface area (Å²) in [4.78, 5) is 21.1. The second kappa shape index (κ2) is 7.20. The molecule has 2 atom stereocenters. The number of piperazine rings is 1. The summed E-state index contributed by atoms with van der Waals surface area (Å²) in [7, 11) is 0. The molecule has 22 heavy (non-hydrogen) atoms. The number of rotatable bonds is 4. The molecule has 0 saturated carbocycles. The topological polar surface area (TPSA) is 48.5 Å². The fourth-order valence-corrected chi connectivity index (χ4v) is 3.60. The Morgan fingerprint density at radius 3 is 3.09 bits per heavy atom. The van der Waals surface area contributed by atoms with Gasteiger partial charge in [0, 0.05) is 63.6 Å². The van der Waals surface area contributed by atoms with Gasteiger partial charge in [0.05, 0.1) is 0 Å². The number of carbonyl (C=O) groups is 1. The molecule has 120 valence electrons. The van der Waals surface area contributed by atoms with Crippen LogP contribution in [0.2, 0.25) is 0 Å². The maximum atomic E-state index is 12.4. The summed E-state index contributed by atoms with van der Waals surface area (Å²) in [6, 6.07) is 4.86. The fourth-order valence-electron chi connectivity index (χ4n) is 3.60. The minimum absolute atomic E-state index is 0.313. The Labute approximate surface area is 132 Å². The molecular weight excluding hydrogens is 276 g/mol. The summed E-state index contributed by atoms with van der Waals surface area (Å²) >= 11 is 0. The predicted molar refractivity (Wildman–Crippen MR) is 86.4 cm³/mol. The first-order valence-corrected chi connectivity index (χ1v) is 8.40. The number of hydrogen-bond acceptors (Lipinski definition) is 4. The third kappa shape index (κ3) is 3.47. The number of nitrogens with one attached hydrogen (secondary N) is 1. The second-order valence-corrected chi connectivity index (χ2v) is 6.37. The zero-order valence-corrected chi connectivity index (χ0v) is 13.4. The molecule has 1 aromatic heterocycles. The van der Waals surface area contributed by atoms with Crippen molar-refractivity contribution in [3.05, 3.63) is 30.1 Å². The number of hydrogen-bond donors (Lipinski definition) is 1. The van der Waals surface area contributed by atoms with E-state index < -0.39 is 0 Å². The highest BCUT2D eigenvalue weighted by Crippen LogP contribution is 2.22. The molecule has 1 N–H and O–H groups in total. The quantitative estimate of drug-likeness (QED) is 0.914. The van der Waals surface area contributed by atoms with Crippen LogP contribution in [0.15, 0.2) is 24.5 Å². The Morgan fingerprint density at radius 2 is 2.36 bits per heavy atom. The van der Waals surface area contributed by atoms with Gasteiger partial charge in [0.25, 0.3) is 0 Å². The lowest BCUT2D eigenvalue weighted by molar-refractivity contribution is -0.132. The van der Waals surface area contributed by atoms with Gasteiger partial charge in [-0.05, 0) is 31.4 Å². The molecule has 0 bridgehead atoms. The van der Waals surface area contributed by atoms with Crippen molar-refractivity contribution in [1.82, 2.24) is 20.1 Å². The molecule has 0 aliphatic carbocycles. The minimum atomic E-state index is 0.313. The van der Waals surface area contributed by atoms with E-state index >= 15 is 0 Å². The molecule has 2 unspecified atom stereocenters. The van der Waals surface area contributed by atoms with E-state index in [0.29, 0.717) is 24.4 Å². The lowest BCUT2D eigenvalue weighted by Crippen LogP contribution is -2.47. The number of amides is 1. The highest BCUT2D eigenvalue weighted by molar-refractivity contribution is 5.77. The van der Waals surface area contributed by atoms with E-state index in [0.717, 1.165) is 45.6 Å². The molecule has 1 aromatic rings. The summed E-state index contributed by atoms with van der Waals surface area (Å²) < 4.78 is 0. The van der Waals surface area contributed by atoms with Crippen LogP contribution in [0.25, 0.3) is 0 Å². The molecule has 5 nitrogen and oxygen atoms in total. The Morgan fingerprint density at radius 1 is 1.45 bits per heavy atom. The first-order valence-electron chi connectivity index (χ1n) is 8.40. The van der Waals surface area contributed by atoms with Crippen LogP contribution in [0.3, 0.4) is 0 Å². The van der Waals surface area contributed by atoms with Crippen LogP contribution < -0.4 is 5.32 Å². The van der Waals surface area contributed by atoms with Gasteiger partial charge in [-0.15, -0.1) is 0 Å². The van der Waals surface area contributed by atoms with Crippen LogP contribution in [-0.4, -0.2) is 59.5 Å². The van der Waals surface area contributed by atoms with Crippen molar-refractivity contribution < 1.29 is 4.79 Å². The van der Waals surface area contributed by atoms with E-state index in [4.69, 9.17) is 0 Å². The van der Waals surface area contributed by atoms with Gasteiger partial charge in [0.1, 0.15) is 0 Å². The van der Waals surface area contributed by atoms with Crippen LogP contribution >= 0.6 is 0 Å². The third-order valence-electron chi connectivity index (χ3n) is 4.91. The van der Waals surface area contributed by atoms with Gasteiger partial charge in [-0.2, -0.15) is 0 Å². The summed E-state index contributed by atoms with van der Waals surface area (Å²) in [5.74, 6) is 0.313. The maximum Gasteiger partial charge on any atom is 0.224 e. The van der Waals surface area contributed by atoms with Crippen molar-refractivity contribution in [2.24, 2.45) is 0 Å². The maximum absolute atomic E-state index is 12.4. The molecule has 1 amide bonds. The van der Waals surface area contributed by atoms with Crippen LogP contribution in [0, 0.1) is 0 Å². The van der Waals surface area contributed by atoms with Gasteiger partial charge < -0.3 is 10.2 Å². The van der Waals surface area contributed by atoms with Gasteiger partial charge in [-0.1, -0.05) is 6.07 Å². The van der Waals surface area contributed by atoms with E-state index in [1.165, 1.54) is 5.56 Å². The van der Waals surface area contributed by atoms with Crippen LogP contribution in [0.1, 0.15) is 37.8 Å². The summed E-state index contributed by atoms with van der Waals surface area (Å²) in [6.07, 6.45) is 6.68. The normalized spacial score (nSPS) is 26.3. The van der Waals surface area contributed by atoms with Gasteiger partial charge in [-0.3, -0.25) is 14.7 Å². The number of carbonyl (C=O) groups excluding carboxylic acids is 1. The zero-order chi connectivity index (χ0) is 15.4. The molecule has 0 spiro atoms. The van der Waals surface area contributed by atoms with Crippen LogP contribution in [0.4, 0.5) is 0 Å². The largest absolute Gasteiger partial charge is 0.340 e. The molecule has 0 radical (unpaired) electrons. The molecule has 3 rings (SSSR count). The van der Waals surface area contributed by atoms with Crippen molar-refractivity contribution >= 4 is 5.91 Å². The van der Waals surface area contributed by atoms with E-state index in [1.807, 2.05) is 18.5 Å². The Hall–Kier alpha value is -1.46. The van der Waals surface area contributed by atoms with Crippen molar-refractivity contribution in [2.45, 2.75) is 38.3 Å². The molecule has 3 heterocycles. The molecule has 0 aromatic carbocycles. The van der Waals surface area contributed by atoms with Crippen LogP contribution in [-0.2, 0) is 4.79 Å². The predicted octanol–water partition coefficient (Wildman–Crippen LogP) is 1.43. The minimum Gasteiger partial charge on any atom is -0.340 e. The second-order valence-electron chi connectivity index (χ2n) is 6.37. The molecule has 2 aliphatic rings. The summed E-state index contributed by atoms with van der Waals surface area (Å²) in [5, 5.41) is 3.45. The average molecular weight is 302 g/mol. The monoisotopic (exact) mass is 302 g/mol. The van der Waals surface area contributed by atoms with Gasteiger partial charge in [0.2, 0.25) is 5.91 Å². The Kier molecular flexibility index (Phi) is 5.05. The van der Waals surface area contributed by atoms with E-state index in [1.54, 1.807) is 0 Å². The molecule has 2 saturated heterocycles. The highest BCUT2D eigenvalue weighted by Gasteiger charge is 2.27. The van der Waals surface area contributed by atoms with Crippen LogP contribution in [0.5, 0.6) is 0 Å². The standard InChI is InChI=1S/C17H26N4O/c1-14-4-3-9-21(14)17(22)6-10-20-11-8-19-13-16(20)15-5-2-7-18-12-15/h2,5,7,12,14,16,19H,3-4,6,8-11,13H2,1H3. The number of likely N-dealkylation sites (tertiary alicyclic amines) is 1. The zero-order valence-electron chi connectivity index (χ0n) is 13.4. The van der Waals surface area contributed by atoms with E-state index in [-0.39, 0.29) is 0 Å². The third-order valence-corrected chi connectivity index (χ3v) is 4.91. The van der Waals surface area contributed by atoms with Gasteiger partial charge in [0.15, 0.2) is 0 Å². The molecule has 2 aliphatic heterocycles. The highest BCUT2D eigenvalue weighted by atomic mass is 16.2. The van der Waals surface area contributed by atoms with E-state index in [2.05, 4.69) is 33.1 Å². The van der Waals surface area contributed by atoms with Crippen molar-refractivity contribution in [3.8, 4) is 0 Å². The van der Waals surface area contributed by atoms with Gasteiger partial charge in [-0.25, -0.2) is 0 Å². The first kappa shape index (κ1) is 15.4. The smallest absolute Gasteiger partial charge is 0.224 e. The number of pyridine rings is 1. The Bertz CT molecular complexity index is 493. The molecular formula is C17H26N4O. The summed E-state index contributed by atoms with van der Waals surface area (Å²) in [5.41, 5.74) is 1.23. The Balaban J connectivity index is 1.59. The fraction of sp³-hybridized carbons (Fsp3) is 0.647. The van der Waals surface area contributed by atoms with Crippen molar-refractivity contribution in [2.75, 3.05) is 32.7 Å². The lowest BCUT2D eigenvalue weighted by Gasteiger charge is -2.36.